The molecule has 1 aliphatic rings. The van der Waals surface area contributed by atoms with Crippen molar-refractivity contribution in [2.24, 2.45) is 5.73 Å². The van der Waals surface area contributed by atoms with Crippen molar-refractivity contribution >= 4 is 11.0 Å². The SMILES string of the molecule is NCc1cc2[nH]cnc2c(C2CCCCO2)n1. The van der Waals surface area contributed by atoms with Crippen LogP contribution in [0, 0.1) is 0 Å². The normalized spacial score (nSPS) is 20.9. The fraction of sp³-hybridized carbons (Fsp3) is 0.500. The lowest BCUT2D eigenvalue weighted by Crippen LogP contribution is -2.14. The van der Waals surface area contributed by atoms with Crippen LogP contribution in [0.5, 0.6) is 0 Å². The molecule has 0 radical (unpaired) electrons. The highest BCUT2D eigenvalue weighted by Crippen LogP contribution is 2.30. The summed E-state index contributed by atoms with van der Waals surface area (Å²) < 4.78 is 5.78. The number of pyridine rings is 1. The van der Waals surface area contributed by atoms with Crippen molar-refractivity contribution in [3.8, 4) is 0 Å². The molecule has 0 amide bonds. The standard InChI is InChI=1S/C12H16N4O/c13-6-8-5-9-11(15-7-14-9)12(16-8)10-3-1-2-4-17-10/h5,7,10H,1-4,6,13H2,(H,14,15). The Morgan fingerprint density at radius 1 is 1.47 bits per heavy atom. The number of hydrogen-bond acceptors (Lipinski definition) is 4. The Morgan fingerprint density at radius 2 is 2.41 bits per heavy atom. The zero-order valence-corrected chi connectivity index (χ0v) is 9.65. The summed E-state index contributed by atoms with van der Waals surface area (Å²) in [5, 5.41) is 0. The molecule has 3 heterocycles. The first-order chi connectivity index (χ1) is 8.38. The van der Waals surface area contributed by atoms with Gasteiger partial charge in [-0.3, -0.25) is 4.98 Å². The average Bonchev–Trinajstić information content (AvgIpc) is 2.86. The first-order valence-corrected chi connectivity index (χ1v) is 6.03. The Hall–Kier alpha value is -1.46. The zero-order chi connectivity index (χ0) is 11.7. The molecule has 1 atom stereocenters. The number of rotatable bonds is 2. The lowest BCUT2D eigenvalue weighted by atomic mass is 10.0. The third-order valence-corrected chi connectivity index (χ3v) is 3.18. The molecular formula is C12H16N4O. The highest BCUT2D eigenvalue weighted by molar-refractivity contribution is 5.77. The quantitative estimate of drug-likeness (QED) is 0.825. The first-order valence-electron chi connectivity index (χ1n) is 6.03. The second kappa shape index (κ2) is 4.43. The summed E-state index contributed by atoms with van der Waals surface area (Å²) in [6.07, 6.45) is 5.10. The number of aromatic amines is 1. The fourth-order valence-electron chi connectivity index (χ4n) is 2.31. The molecule has 1 fully saturated rings. The minimum atomic E-state index is 0.0704. The Balaban J connectivity index is 2.08. The molecule has 17 heavy (non-hydrogen) atoms. The van der Waals surface area contributed by atoms with Crippen molar-refractivity contribution < 1.29 is 4.74 Å². The fourth-order valence-corrected chi connectivity index (χ4v) is 2.31. The van der Waals surface area contributed by atoms with Crippen molar-refractivity contribution in [1.29, 1.82) is 0 Å². The van der Waals surface area contributed by atoms with Crippen molar-refractivity contribution in [3.63, 3.8) is 0 Å². The van der Waals surface area contributed by atoms with E-state index < -0.39 is 0 Å². The predicted molar refractivity (Wildman–Crippen MR) is 64.3 cm³/mol. The van der Waals surface area contributed by atoms with Crippen LogP contribution in [0.15, 0.2) is 12.4 Å². The van der Waals surface area contributed by atoms with Gasteiger partial charge in [0, 0.05) is 13.2 Å². The van der Waals surface area contributed by atoms with Crippen molar-refractivity contribution in [2.75, 3.05) is 6.61 Å². The number of imidazole rings is 1. The molecule has 0 spiro atoms. The van der Waals surface area contributed by atoms with E-state index in [1.165, 1.54) is 6.42 Å². The number of hydrogen-bond donors (Lipinski definition) is 2. The maximum absolute atomic E-state index is 5.78. The highest BCUT2D eigenvalue weighted by Gasteiger charge is 2.21. The van der Waals surface area contributed by atoms with Gasteiger partial charge in [-0.1, -0.05) is 0 Å². The molecule has 5 nitrogen and oxygen atoms in total. The van der Waals surface area contributed by atoms with Gasteiger partial charge >= 0.3 is 0 Å². The first kappa shape index (κ1) is 10.7. The molecule has 3 rings (SSSR count). The molecular weight excluding hydrogens is 216 g/mol. The molecule has 0 aliphatic carbocycles. The van der Waals surface area contributed by atoms with Crippen molar-refractivity contribution in [3.05, 3.63) is 23.8 Å². The van der Waals surface area contributed by atoms with Gasteiger partial charge in [-0.05, 0) is 25.3 Å². The molecule has 0 bridgehead atoms. The topological polar surface area (TPSA) is 76.8 Å². The summed E-state index contributed by atoms with van der Waals surface area (Å²) in [4.78, 5) is 12.0. The maximum Gasteiger partial charge on any atom is 0.112 e. The molecule has 2 aromatic rings. The number of H-pyrrole nitrogens is 1. The summed E-state index contributed by atoms with van der Waals surface area (Å²) in [7, 11) is 0. The second-order valence-electron chi connectivity index (χ2n) is 4.36. The Bertz CT molecular complexity index is 516. The number of nitrogens with two attached hydrogens (primary N) is 1. The van der Waals surface area contributed by atoms with E-state index in [9.17, 15) is 0 Å². The monoisotopic (exact) mass is 232 g/mol. The van der Waals surface area contributed by atoms with Crippen LogP contribution in [0.4, 0.5) is 0 Å². The van der Waals surface area contributed by atoms with E-state index in [1.54, 1.807) is 6.33 Å². The minimum Gasteiger partial charge on any atom is -0.372 e. The Kier molecular flexibility index (Phi) is 2.78. The van der Waals surface area contributed by atoms with Crippen LogP contribution in [0.25, 0.3) is 11.0 Å². The van der Waals surface area contributed by atoms with Gasteiger partial charge in [0.1, 0.15) is 11.6 Å². The van der Waals surface area contributed by atoms with E-state index in [2.05, 4.69) is 15.0 Å². The van der Waals surface area contributed by atoms with Crippen LogP contribution < -0.4 is 5.73 Å². The Morgan fingerprint density at radius 3 is 3.18 bits per heavy atom. The van der Waals surface area contributed by atoms with E-state index in [4.69, 9.17) is 10.5 Å². The molecule has 1 unspecified atom stereocenters. The van der Waals surface area contributed by atoms with Crippen LogP contribution in [-0.4, -0.2) is 21.6 Å². The van der Waals surface area contributed by atoms with Crippen LogP contribution in [0.2, 0.25) is 0 Å². The van der Waals surface area contributed by atoms with Gasteiger partial charge in [0.15, 0.2) is 0 Å². The Labute approximate surface area is 99.4 Å². The molecule has 5 heteroatoms. The number of ether oxygens (including phenoxy) is 1. The van der Waals surface area contributed by atoms with Gasteiger partial charge in [0.05, 0.1) is 23.2 Å². The molecule has 2 aromatic heterocycles. The largest absolute Gasteiger partial charge is 0.372 e. The van der Waals surface area contributed by atoms with Gasteiger partial charge in [-0.25, -0.2) is 4.98 Å². The van der Waals surface area contributed by atoms with Gasteiger partial charge in [0.2, 0.25) is 0 Å². The van der Waals surface area contributed by atoms with Gasteiger partial charge in [0.25, 0.3) is 0 Å². The van der Waals surface area contributed by atoms with E-state index in [0.717, 1.165) is 41.9 Å². The van der Waals surface area contributed by atoms with Crippen LogP contribution in [0.1, 0.15) is 36.8 Å². The third kappa shape index (κ3) is 1.92. The second-order valence-corrected chi connectivity index (χ2v) is 4.36. The minimum absolute atomic E-state index is 0.0704. The molecule has 0 saturated carbocycles. The van der Waals surface area contributed by atoms with E-state index in [0.29, 0.717) is 6.54 Å². The number of nitrogens with zero attached hydrogens (tertiary/aromatic N) is 2. The zero-order valence-electron chi connectivity index (χ0n) is 9.65. The molecule has 1 saturated heterocycles. The number of nitrogens with one attached hydrogen (secondary N) is 1. The van der Waals surface area contributed by atoms with Crippen LogP contribution in [0.3, 0.4) is 0 Å². The lowest BCUT2D eigenvalue weighted by Gasteiger charge is -2.22. The van der Waals surface area contributed by atoms with Crippen LogP contribution >= 0.6 is 0 Å². The molecule has 3 N–H and O–H groups in total. The van der Waals surface area contributed by atoms with Crippen molar-refractivity contribution in [1.82, 2.24) is 15.0 Å². The molecule has 0 aromatic carbocycles. The number of fused-ring (bicyclic) bond motifs is 1. The molecule has 90 valence electrons. The average molecular weight is 232 g/mol. The smallest absolute Gasteiger partial charge is 0.112 e. The van der Waals surface area contributed by atoms with E-state index >= 15 is 0 Å². The summed E-state index contributed by atoms with van der Waals surface area (Å²) in [5.41, 5.74) is 9.39. The summed E-state index contributed by atoms with van der Waals surface area (Å²) >= 11 is 0. The van der Waals surface area contributed by atoms with Crippen LogP contribution in [-0.2, 0) is 11.3 Å². The van der Waals surface area contributed by atoms with E-state index in [-0.39, 0.29) is 6.10 Å². The third-order valence-electron chi connectivity index (χ3n) is 3.18. The number of aromatic nitrogens is 3. The summed E-state index contributed by atoms with van der Waals surface area (Å²) in [5.74, 6) is 0. The molecule has 1 aliphatic heterocycles. The maximum atomic E-state index is 5.78. The van der Waals surface area contributed by atoms with Gasteiger partial charge in [-0.15, -0.1) is 0 Å². The summed E-state index contributed by atoms with van der Waals surface area (Å²) in [6, 6.07) is 1.95. The van der Waals surface area contributed by atoms with Crippen molar-refractivity contribution in [2.45, 2.75) is 31.9 Å². The predicted octanol–water partition coefficient (Wildman–Crippen LogP) is 1.66. The van der Waals surface area contributed by atoms with Gasteiger partial charge < -0.3 is 15.5 Å². The van der Waals surface area contributed by atoms with Gasteiger partial charge in [-0.2, -0.15) is 0 Å². The van der Waals surface area contributed by atoms with E-state index in [1.807, 2.05) is 6.07 Å². The summed E-state index contributed by atoms with van der Waals surface area (Å²) in [6.45, 7) is 1.25. The highest BCUT2D eigenvalue weighted by atomic mass is 16.5. The lowest BCUT2D eigenvalue weighted by molar-refractivity contribution is 0.0131.